The van der Waals surface area contributed by atoms with Gasteiger partial charge in [-0.3, -0.25) is 4.79 Å². The van der Waals surface area contributed by atoms with Gasteiger partial charge in [0.2, 0.25) is 5.91 Å². The van der Waals surface area contributed by atoms with E-state index in [1.807, 2.05) is 0 Å². The van der Waals surface area contributed by atoms with Gasteiger partial charge in [-0.25, -0.2) is 0 Å². The molecule has 1 amide bonds. The van der Waals surface area contributed by atoms with E-state index in [4.69, 9.17) is 0 Å². The Kier molecular flexibility index (Phi) is 8.89. The van der Waals surface area contributed by atoms with E-state index in [0.29, 0.717) is 6.42 Å². The third kappa shape index (κ3) is 6.95. The van der Waals surface area contributed by atoms with Gasteiger partial charge in [0.05, 0.1) is 0 Å². The van der Waals surface area contributed by atoms with Crippen LogP contribution in [0, 0.1) is 5.92 Å². The molecule has 2 atom stereocenters. The largest absolute Gasteiger partial charge is 0.396 e. The summed E-state index contributed by atoms with van der Waals surface area (Å²) in [5.74, 6) is 0.461. The van der Waals surface area contributed by atoms with E-state index in [-0.39, 0.29) is 24.5 Å². The van der Waals surface area contributed by atoms with E-state index in [0.717, 1.165) is 19.3 Å². The highest BCUT2D eigenvalue weighted by molar-refractivity contribution is 5.76. The molecular formula is C16H31NO2. The van der Waals surface area contributed by atoms with Gasteiger partial charge in [0.15, 0.2) is 0 Å². The van der Waals surface area contributed by atoms with Crippen LogP contribution in [0.4, 0.5) is 0 Å². The zero-order valence-electron chi connectivity index (χ0n) is 12.5. The topological polar surface area (TPSA) is 49.3 Å². The minimum Gasteiger partial charge on any atom is -0.396 e. The highest BCUT2D eigenvalue weighted by Crippen LogP contribution is 2.24. The van der Waals surface area contributed by atoms with Crippen molar-refractivity contribution in [2.45, 2.75) is 83.6 Å². The smallest absolute Gasteiger partial charge is 0.220 e. The lowest BCUT2D eigenvalue weighted by Crippen LogP contribution is -2.43. The van der Waals surface area contributed by atoms with Crippen LogP contribution < -0.4 is 5.32 Å². The Hall–Kier alpha value is -0.570. The molecule has 0 aromatic heterocycles. The van der Waals surface area contributed by atoms with Crippen LogP contribution in [0.15, 0.2) is 0 Å². The van der Waals surface area contributed by atoms with Crippen molar-refractivity contribution in [2.24, 2.45) is 5.92 Å². The molecule has 0 aromatic carbocycles. The fourth-order valence-electron chi connectivity index (χ4n) is 2.96. The van der Waals surface area contributed by atoms with Gasteiger partial charge in [0.25, 0.3) is 0 Å². The number of amides is 1. The summed E-state index contributed by atoms with van der Waals surface area (Å²) < 4.78 is 0. The first kappa shape index (κ1) is 16.5. The van der Waals surface area contributed by atoms with Crippen LogP contribution >= 0.6 is 0 Å². The molecule has 1 rings (SSSR count). The van der Waals surface area contributed by atoms with Crippen molar-refractivity contribution < 1.29 is 9.90 Å². The van der Waals surface area contributed by atoms with Crippen molar-refractivity contribution in [3.8, 4) is 0 Å². The SMILES string of the molecule is CCCCCCCCC(=O)NC1CCCCC1CO. The molecule has 3 heteroatoms. The lowest BCUT2D eigenvalue weighted by Gasteiger charge is -2.30. The quantitative estimate of drug-likeness (QED) is 0.630. The van der Waals surface area contributed by atoms with E-state index in [1.165, 1.54) is 44.9 Å². The fraction of sp³-hybridized carbons (Fsp3) is 0.938. The van der Waals surface area contributed by atoms with Crippen LogP contribution in [-0.4, -0.2) is 23.7 Å². The van der Waals surface area contributed by atoms with Crippen LogP contribution in [0.25, 0.3) is 0 Å². The monoisotopic (exact) mass is 269 g/mol. The molecule has 0 radical (unpaired) electrons. The third-order valence-corrected chi connectivity index (χ3v) is 4.25. The summed E-state index contributed by atoms with van der Waals surface area (Å²) in [6.45, 7) is 2.43. The second-order valence-electron chi connectivity index (χ2n) is 5.92. The third-order valence-electron chi connectivity index (χ3n) is 4.25. The zero-order valence-corrected chi connectivity index (χ0v) is 12.5. The highest BCUT2D eigenvalue weighted by Gasteiger charge is 2.25. The number of aliphatic hydroxyl groups excluding tert-OH is 1. The van der Waals surface area contributed by atoms with Gasteiger partial charge >= 0.3 is 0 Å². The number of aliphatic hydroxyl groups is 1. The first-order chi connectivity index (χ1) is 9.27. The summed E-state index contributed by atoms with van der Waals surface area (Å²) in [7, 11) is 0. The first-order valence-electron chi connectivity index (χ1n) is 8.18. The summed E-state index contributed by atoms with van der Waals surface area (Å²) in [6, 6.07) is 0.214. The average Bonchev–Trinajstić information content (AvgIpc) is 2.43. The second kappa shape index (κ2) is 10.2. The Morgan fingerprint density at radius 2 is 1.79 bits per heavy atom. The van der Waals surface area contributed by atoms with Gasteiger partial charge in [-0.2, -0.15) is 0 Å². The molecule has 1 saturated carbocycles. The Bertz CT molecular complexity index is 243. The molecule has 0 aliphatic heterocycles. The Labute approximate surface area is 118 Å². The van der Waals surface area contributed by atoms with Crippen molar-refractivity contribution in [2.75, 3.05) is 6.61 Å². The maximum Gasteiger partial charge on any atom is 0.220 e. The van der Waals surface area contributed by atoms with Gasteiger partial charge in [-0.05, 0) is 19.3 Å². The maximum absolute atomic E-state index is 11.9. The Morgan fingerprint density at radius 1 is 1.11 bits per heavy atom. The second-order valence-corrected chi connectivity index (χ2v) is 5.92. The number of rotatable bonds is 9. The molecule has 2 N–H and O–H groups in total. The van der Waals surface area contributed by atoms with Gasteiger partial charge in [0.1, 0.15) is 0 Å². The first-order valence-corrected chi connectivity index (χ1v) is 8.18. The summed E-state index contributed by atoms with van der Waals surface area (Å²) >= 11 is 0. The van der Waals surface area contributed by atoms with E-state index < -0.39 is 0 Å². The summed E-state index contributed by atoms with van der Waals surface area (Å²) in [4.78, 5) is 11.9. The number of hydrogen-bond donors (Lipinski definition) is 2. The lowest BCUT2D eigenvalue weighted by atomic mass is 9.85. The van der Waals surface area contributed by atoms with E-state index in [1.54, 1.807) is 0 Å². The van der Waals surface area contributed by atoms with Crippen molar-refractivity contribution in [1.82, 2.24) is 5.32 Å². The van der Waals surface area contributed by atoms with Gasteiger partial charge in [-0.1, -0.05) is 51.9 Å². The molecule has 19 heavy (non-hydrogen) atoms. The molecule has 0 saturated heterocycles. The van der Waals surface area contributed by atoms with Crippen LogP contribution in [0.1, 0.15) is 77.6 Å². The van der Waals surface area contributed by atoms with Crippen LogP contribution in [0.3, 0.4) is 0 Å². The predicted octanol–water partition coefficient (Wildman–Crippen LogP) is 3.40. The summed E-state index contributed by atoms with van der Waals surface area (Å²) in [5, 5.41) is 12.4. The van der Waals surface area contributed by atoms with Crippen molar-refractivity contribution in [1.29, 1.82) is 0 Å². The number of carbonyl (C=O) groups excluding carboxylic acids is 1. The molecule has 1 aliphatic rings. The maximum atomic E-state index is 11.9. The van der Waals surface area contributed by atoms with Crippen LogP contribution in [0.2, 0.25) is 0 Å². The molecule has 1 aliphatic carbocycles. The molecule has 0 aromatic rings. The average molecular weight is 269 g/mol. The standard InChI is InChI=1S/C16H31NO2/c1-2-3-4-5-6-7-12-16(19)17-15-11-9-8-10-14(15)13-18/h14-15,18H,2-13H2,1H3,(H,17,19). The van der Waals surface area contributed by atoms with Crippen molar-refractivity contribution in [3.05, 3.63) is 0 Å². The van der Waals surface area contributed by atoms with Gasteiger partial charge in [0, 0.05) is 25.0 Å². The number of carbonyl (C=O) groups is 1. The Balaban J connectivity index is 2.09. The summed E-state index contributed by atoms with van der Waals surface area (Å²) in [5.41, 5.74) is 0. The molecular weight excluding hydrogens is 238 g/mol. The van der Waals surface area contributed by atoms with E-state index in [2.05, 4.69) is 12.2 Å². The zero-order chi connectivity index (χ0) is 13.9. The summed E-state index contributed by atoms with van der Waals surface area (Å²) in [6.07, 6.45) is 12.4. The van der Waals surface area contributed by atoms with Crippen LogP contribution in [-0.2, 0) is 4.79 Å². The molecule has 0 spiro atoms. The molecule has 112 valence electrons. The molecule has 2 unspecified atom stereocenters. The van der Waals surface area contributed by atoms with Gasteiger partial charge < -0.3 is 10.4 Å². The normalized spacial score (nSPS) is 23.3. The van der Waals surface area contributed by atoms with Gasteiger partial charge in [-0.15, -0.1) is 0 Å². The lowest BCUT2D eigenvalue weighted by molar-refractivity contribution is -0.122. The Morgan fingerprint density at radius 3 is 2.53 bits per heavy atom. The van der Waals surface area contributed by atoms with Crippen molar-refractivity contribution in [3.63, 3.8) is 0 Å². The highest BCUT2D eigenvalue weighted by atomic mass is 16.3. The fourth-order valence-corrected chi connectivity index (χ4v) is 2.96. The van der Waals surface area contributed by atoms with E-state index in [9.17, 15) is 9.90 Å². The molecule has 0 bridgehead atoms. The minimum absolute atomic E-state index is 0.181. The van der Waals surface area contributed by atoms with Crippen LogP contribution in [0.5, 0.6) is 0 Å². The predicted molar refractivity (Wildman–Crippen MR) is 79.0 cm³/mol. The molecule has 3 nitrogen and oxygen atoms in total. The number of nitrogens with one attached hydrogen (secondary N) is 1. The number of unbranched alkanes of at least 4 members (excludes halogenated alkanes) is 5. The van der Waals surface area contributed by atoms with Crippen molar-refractivity contribution >= 4 is 5.91 Å². The molecule has 1 fully saturated rings. The van der Waals surface area contributed by atoms with E-state index >= 15 is 0 Å². The number of hydrogen-bond acceptors (Lipinski definition) is 2. The molecule has 0 heterocycles. The minimum atomic E-state index is 0.181.